The first-order chi connectivity index (χ1) is 16.5. The number of hydrogen-bond donors (Lipinski definition) is 1. The number of nitrogens with one attached hydrogen (secondary N) is 1. The van der Waals surface area contributed by atoms with Crippen LogP contribution < -0.4 is 5.32 Å². The second-order valence-electron chi connectivity index (χ2n) is 8.23. The molecule has 1 N–H and O–H groups in total. The standard InChI is InChI=1S/C28H31BrN2O2S/c1-3-30-28(33)26(17-22-8-5-4-6-9-22)31(18-24-10-7-11-25(29)16-24)27(32)20-34-19-23-14-12-21(2)13-15-23/h4-16,26H,3,17-20H2,1-2H3,(H,30,33)/t26-/m0/s1. The van der Waals surface area contributed by atoms with E-state index in [0.717, 1.165) is 21.4 Å². The van der Waals surface area contributed by atoms with Crippen molar-refractivity contribution < 1.29 is 9.59 Å². The SMILES string of the molecule is CCNC(=O)[C@H](Cc1ccccc1)N(Cc1cccc(Br)c1)C(=O)CSCc1ccc(C)cc1. The summed E-state index contributed by atoms with van der Waals surface area (Å²) >= 11 is 5.10. The zero-order chi connectivity index (χ0) is 24.3. The molecular weight excluding hydrogens is 508 g/mol. The molecule has 0 saturated carbocycles. The molecule has 0 radical (unpaired) electrons. The third-order valence-corrected chi connectivity index (χ3v) is 6.96. The summed E-state index contributed by atoms with van der Waals surface area (Å²) < 4.78 is 0.948. The number of halogens is 1. The first-order valence-corrected chi connectivity index (χ1v) is 13.4. The number of thioether (sulfide) groups is 1. The van der Waals surface area contributed by atoms with Crippen molar-refractivity contribution in [1.82, 2.24) is 10.2 Å². The Morgan fingerprint density at radius 1 is 0.941 bits per heavy atom. The highest BCUT2D eigenvalue weighted by molar-refractivity contribution is 9.10. The van der Waals surface area contributed by atoms with E-state index in [-0.39, 0.29) is 11.8 Å². The van der Waals surface area contributed by atoms with Gasteiger partial charge in [-0.3, -0.25) is 9.59 Å². The van der Waals surface area contributed by atoms with Crippen LogP contribution in [-0.4, -0.2) is 35.1 Å². The van der Waals surface area contributed by atoms with Crippen LogP contribution in [0.4, 0.5) is 0 Å². The van der Waals surface area contributed by atoms with Gasteiger partial charge in [-0.2, -0.15) is 0 Å². The number of nitrogens with zero attached hydrogens (tertiary/aromatic N) is 1. The van der Waals surface area contributed by atoms with Gasteiger partial charge < -0.3 is 10.2 Å². The highest BCUT2D eigenvalue weighted by atomic mass is 79.9. The van der Waals surface area contributed by atoms with Crippen molar-refractivity contribution >= 4 is 39.5 Å². The van der Waals surface area contributed by atoms with E-state index in [4.69, 9.17) is 0 Å². The third kappa shape index (κ3) is 8.03. The first-order valence-electron chi connectivity index (χ1n) is 11.4. The monoisotopic (exact) mass is 538 g/mol. The average molecular weight is 540 g/mol. The van der Waals surface area contributed by atoms with E-state index in [2.05, 4.69) is 52.4 Å². The molecule has 1 atom stereocenters. The second-order valence-corrected chi connectivity index (χ2v) is 10.1. The van der Waals surface area contributed by atoms with E-state index in [0.29, 0.717) is 25.3 Å². The molecule has 0 aliphatic heterocycles. The number of carbonyl (C=O) groups is 2. The van der Waals surface area contributed by atoms with Crippen LogP contribution >= 0.6 is 27.7 Å². The van der Waals surface area contributed by atoms with Crippen molar-refractivity contribution in [3.8, 4) is 0 Å². The molecule has 0 spiro atoms. The van der Waals surface area contributed by atoms with E-state index in [9.17, 15) is 9.59 Å². The lowest BCUT2D eigenvalue weighted by Gasteiger charge is -2.31. The summed E-state index contributed by atoms with van der Waals surface area (Å²) in [4.78, 5) is 28.4. The quantitative estimate of drug-likeness (QED) is 0.337. The van der Waals surface area contributed by atoms with Crippen LogP contribution in [-0.2, 0) is 28.3 Å². The van der Waals surface area contributed by atoms with Crippen molar-refractivity contribution in [1.29, 1.82) is 0 Å². The Labute approximate surface area is 215 Å². The van der Waals surface area contributed by atoms with Crippen molar-refractivity contribution in [2.45, 2.75) is 38.6 Å². The average Bonchev–Trinajstić information content (AvgIpc) is 2.83. The van der Waals surface area contributed by atoms with E-state index < -0.39 is 6.04 Å². The minimum atomic E-state index is -0.589. The molecule has 178 valence electrons. The summed E-state index contributed by atoms with van der Waals surface area (Å²) in [7, 11) is 0. The van der Waals surface area contributed by atoms with Gasteiger partial charge in [-0.15, -0.1) is 11.8 Å². The van der Waals surface area contributed by atoms with Gasteiger partial charge >= 0.3 is 0 Å². The summed E-state index contributed by atoms with van der Waals surface area (Å²) in [5.41, 5.74) is 4.41. The van der Waals surface area contributed by atoms with Crippen molar-refractivity contribution in [2.24, 2.45) is 0 Å². The Morgan fingerprint density at radius 3 is 2.32 bits per heavy atom. The Bertz CT molecular complexity index is 1070. The molecule has 3 aromatic carbocycles. The molecule has 6 heteroatoms. The highest BCUT2D eigenvalue weighted by Gasteiger charge is 2.30. The Kier molecular flexibility index (Phi) is 10.2. The van der Waals surface area contributed by atoms with Gasteiger partial charge in [-0.05, 0) is 42.7 Å². The maximum Gasteiger partial charge on any atom is 0.243 e. The van der Waals surface area contributed by atoms with E-state index >= 15 is 0 Å². The normalized spacial score (nSPS) is 11.6. The number of amides is 2. The summed E-state index contributed by atoms with van der Waals surface area (Å²) in [6, 6.07) is 25.5. The molecule has 0 bridgehead atoms. The highest BCUT2D eigenvalue weighted by Crippen LogP contribution is 2.20. The number of hydrogen-bond acceptors (Lipinski definition) is 3. The number of rotatable bonds is 11. The fourth-order valence-electron chi connectivity index (χ4n) is 3.70. The van der Waals surface area contributed by atoms with Crippen molar-refractivity contribution in [3.63, 3.8) is 0 Å². The van der Waals surface area contributed by atoms with E-state index in [1.165, 1.54) is 11.1 Å². The Morgan fingerprint density at radius 2 is 1.65 bits per heavy atom. The van der Waals surface area contributed by atoms with Crippen LogP contribution in [0.5, 0.6) is 0 Å². The summed E-state index contributed by atoms with van der Waals surface area (Å²) in [6.07, 6.45) is 0.467. The number of carbonyl (C=O) groups excluding carboxylic acids is 2. The molecule has 0 fully saturated rings. The van der Waals surface area contributed by atoms with Gasteiger partial charge in [0.25, 0.3) is 0 Å². The van der Waals surface area contributed by atoms with Crippen molar-refractivity contribution in [2.75, 3.05) is 12.3 Å². The third-order valence-electron chi connectivity index (χ3n) is 5.48. The molecule has 4 nitrogen and oxygen atoms in total. The predicted octanol–water partition coefficient (Wildman–Crippen LogP) is 5.77. The van der Waals surface area contributed by atoms with Crippen LogP contribution in [0.15, 0.2) is 83.3 Å². The molecule has 3 rings (SSSR count). The Balaban J connectivity index is 1.81. The summed E-state index contributed by atoms with van der Waals surface area (Å²) in [6.45, 7) is 4.85. The molecule has 0 aliphatic rings. The lowest BCUT2D eigenvalue weighted by Crippen LogP contribution is -2.51. The number of likely N-dealkylation sites (N-methyl/N-ethyl adjacent to an activating group) is 1. The van der Waals surface area contributed by atoms with E-state index in [1.807, 2.05) is 61.5 Å². The molecule has 0 heterocycles. The summed E-state index contributed by atoms with van der Waals surface area (Å²) in [5, 5.41) is 2.94. The largest absolute Gasteiger partial charge is 0.355 e. The van der Waals surface area contributed by atoms with Gasteiger partial charge in [0.15, 0.2) is 0 Å². The van der Waals surface area contributed by atoms with Gasteiger partial charge in [0, 0.05) is 29.7 Å². The van der Waals surface area contributed by atoms with Crippen LogP contribution in [0.2, 0.25) is 0 Å². The fraction of sp³-hybridized carbons (Fsp3) is 0.286. The Hall–Kier alpha value is -2.57. The number of aryl methyl sites for hydroxylation is 1. The van der Waals surface area contributed by atoms with Gasteiger partial charge in [-0.1, -0.05) is 88.2 Å². The maximum absolute atomic E-state index is 13.5. The minimum Gasteiger partial charge on any atom is -0.355 e. The van der Waals surface area contributed by atoms with Crippen LogP contribution in [0.1, 0.15) is 29.2 Å². The minimum absolute atomic E-state index is 0.0377. The lowest BCUT2D eigenvalue weighted by atomic mass is 10.0. The van der Waals surface area contributed by atoms with Gasteiger partial charge in [0.2, 0.25) is 11.8 Å². The molecule has 2 amide bonds. The topological polar surface area (TPSA) is 49.4 Å². The van der Waals surface area contributed by atoms with Crippen LogP contribution in [0, 0.1) is 6.92 Å². The van der Waals surface area contributed by atoms with Crippen molar-refractivity contribution in [3.05, 3.63) is 106 Å². The maximum atomic E-state index is 13.5. The lowest BCUT2D eigenvalue weighted by molar-refractivity contribution is -0.139. The van der Waals surface area contributed by atoms with Gasteiger partial charge in [0.1, 0.15) is 6.04 Å². The zero-order valence-corrected chi connectivity index (χ0v) is 22.1. The first kappa shape index (κ1) is 26.0. The fourth-order valence-corrected chi connectivity index (χ4v) is 5.02. The molecule has 0 saturated heterocycles. The molecule has 3 aromatic rings. The predicted molar refractivity (Wildman–Crippen MR) is 145 cm³/mol. The number of benzene rings is 3. The molecule has 0 aliphatic carbocycles. The molecule has 34 heavy (non-hydrogen) atoms. The van der Waals surface area contributed by atoms with Crippen LogP contribution in [0.3, 0.4) is 0 Å². The summed E-state index contributed by atoms with van der Waals surface area (Å²) in [5.74, 6) is 0.899. The molecule has 0 aromatic heterocycles. The van der Waals surface area contributed by atoms with Gasteiger partial charge in [-0.25, -0.2) is 0 Å². The smallest absolute Gasteiger partial charge is 0.243 e. The second kappa shape index (κ2) is 13.4. The van der Waals surface area contributed by atoms with Crippen LogP contribution in [0.25, 0.3) is 0 Å². The zero-order valence-electron chi connectivity index (χ0n) is 19.7. The molecule has 0 unspecified atom stereocenters. The van der Waals surface area contributed by atoms with Gasteiger partial charge in [0.05, 0.1) is 5.75 Å². The molecular formula is C28H31BrN2O2S. The van der Waals surface area contributed by atoms with E-state index in [1.54, 1.807) is 16.7 Å².